The largest absolute Gasteiger partial charge is 0.455 e. The van der Waals surface area contributed by atoms with E-state index in [1.165, 1.54) is 60.7 Å². The van der Waals surface area contributed by atoms with Crippen molar-refractivity contribution in [1.29, 1.82) is 0 Å². The smallest absolute Gasteiger partial charge is 0.143 e. The van der Waals surface area contributed by atoms with E-state index in [0.29, 0.717) is 0 Å². The molecule has 11 rings (SSSR count). The van der Waals surface area contributed by atoms with Crippen molar-refractivity contribution >= 4 is 60.5 Å². The Bertz CT molecular complexity index is 3140. The first-order valence-corrected chi connectivity index (χ1v) is 20.2. The van der Waals surface area contributed by atoms with E-state index in [-0.39, 0.29) is 5.41 Å². The van der Waals surface area contributed by atoms with Gasteiger partial charge in [0.2, 0.25) is 0 Å². The molecule has 9 aromatic carbocycles. The van der Waals surface area contributed by atoms with E-state index in [1.54, 1.807) is 0 Å². The number of nitrogens with zero attached hydrogens (tertiary/aromatic N) is 1. The SMILES string of the molecule is CCC1(CC)c2ccccc2-c2ccc(N(c3ccc(-c4cccc5ccccc45)cc3)c3ccc(-c4cccc5c4ccc4c6ccccc6oc54)cc3)cc21. The number of benzene rings is 9. The molecule has 10 aromatic rings. The molecule has 1 aliphatic rings. The van der Waals surface area contributed by atoms with Crippen LogP contribution in [0.5, 0.6) is 0 Å². The second-order valence-electron chi connectivity index (χ2n) is 15.5. The van der Waals surface area contributed by atoms with Gasteiger partial charge >= 0.3 is 0 Å². The lowest BCUT2D eigenvalue weighted by molar-refractivity contribution is 0.490. The number of hydrogen-bond acceptors (Lipinski definition) is 2. The van der Waals surface area contributed by atoms with E-state index >= 15 is 0 Å². The lowest BCUT2D eigenvalue weighted by atomic mass is 9.74. The summed E-state index contributed by atoms with van der Waals surface area (Å²) in [6.07, 6.45) is 2.10. The summed E-state index contributed by atoms with van der Waals surface area (Å²) in [5, 5.41) is 7.14. The number of para-hydroxylation sites is 1. The summed E-state index contributed by atoms with van der Waals surface area (Å²) < 4.78 is 6.44. The first kappa shape index (κ1) is 33.4. The molecule has 1 aliphatic carbocycles. The van der Waals surface area contributed by atoms with E-state index in [9.17, 15) is 0 Å². The predicted octanol–water partition coefficient (Wildman–Crippen LogP) is 15.8. The molecule has 0 aliphatic heterocycles. The predicted molar refractivity (Wildman–Crippen MR) is 241 cm³/mol. The topological polar surface area (TPSA) is 16.4 Å². The minimum Gasteiger partial charge on any atom is -0.455 e. The van der Waals surface area contributed by atoms with Gasteiger partial charge in [-0.2, -0.15) is 0 Å². The van der Waals surface area contributed by atoms with Crippen molar-refractivity contribution < 1.29 is 4.42 Å². The molecule has 0 spiro atoms. The van der Waals surface area contributed by atoms with E-state index in [0.717, 1.165) is 57.2 Å². The van der Waals surface area contributed by atoms with Gasteiger partial charge in [0, 0.05) is 38.6 Å². The molecule has 2 nitrogen and oxygen atoms in total. The third-order valence-electron chi connectivity index (χ3n) is 12.8. The third kappa shape index (κ3) is 5.10. The summed E-state index contributed by atoms with van der Waals surface area (Å²) in [5.74, 6) is 0. The molecule has 0 saturated heterocycles. The van der Waals surface area contributed by atoms with Crippen LogP contribution in [0.25, 0.3) is 76.9 Å². The van der Waals surface area contributed by atoms with E-state index in [2.05, 4.69) is 201 Å². The molecule has 2 heteroatoms. The van der Waals surface area contributed by atoms with Crippen molar-refractivity contribution in [3.05, 3.63) is 199 Å². The third-order valence-corrected chi connectivity index (χ3v) is 12.8. The Balaban J connectivity index is 1.04. The van der Waals surface area contributed by atoms with Gasteiger partial charge in [0.25, 0.3) is 0 Å². The van der Waals surface area contributed by atoms with Crippen molar-refractivity contribution in [3.63, 3.8) is 0 Å². The van der Waals surface area contributed by atoms with Crippen molar-refractivity contribution in [2.24, 2.45) is 0 Å². The highest BCUT2D eigenvalue weighted by atomic mass is 16.3. The summed E-state index contributed by atoms with van der Waals surface area (Å²) in [7, 11) is 0. The number of fused-ring (bicyclic) bond motifs is 9. The minimum atomic E-state index is -0.0185. The molecular weight excluding hydrogens is 691 g/mol. The molecule has 1 aromatic heterocycles. The monoisotopic (exact) mass is 731 g/mol. The van der Waals surface area contributed by atoms with Crippen LogP contribution in [0, 0.1) is 0 Å². The van der Waals surface area contributed by atoms with Crippen LogP contribution in [-0.2, 0) is 5.41 Å². The molecule has 57 heavy (non-hydrogen) atoms. The average Bonchev–Trinajstić information content (AvgIpc) is 3.80. The van der Waals surface area contributed by atoms with Crippen LogP contribution >= 0.6 is 0 Å². The van der Waals surface area contributed by atoms with Crippen LogP contribution in [0.3, 0.4) is 0 Å². The molecule has 0 saturated carbocycles. The quantitative estimate of drug-likeness (QED) is 0.162. The summed E-state index contributed by atoms with van der Waals surface area (Å²) in [5.41, 5.74) is 15.7. The molecule has 0 N–H and O–H groups in total. The Morgan fingerprint density at radius 3 is 1.68 bits per heavy atom. The van der Waals surface area contributed by atoms with Crippen molar-refractivity contribution in [2.75, 3.05) is 4.90 Å². The molecule has 1 heterocycles. The Morgan fingerprint density at radius 2 is 0.930 bits per heavy atom. The number of furan rings is 1. The molecule has 0 fully saturated rings. The highest BCUT2D eigenvalue weighted by Gasteiger charge is 2.40. The summed E-state index contributed by atoms with van der Waals surface area (Å²) in [6.45, 7) is 4.69. The van der Waals surface area contributed by atoms with Gasteiger partial charge in [-0.25, -0.2) is 0 Å². The van der Waals surface area contributed by atoms with E-state index < -0.39 is 0 Å². The fourth-order valence-corrected chi connectivity index (χ4v) is 9.89. The van der Waals surface area contributed by atoms with Gasteiger partial charge < -0.3 is 9.32 Å². The first-order valence-electron chi connectivity index (χ1n) is 20.2. The lowest BCUT2D eigenvalue weighted by Crippen LogP contribution is -2.23. The van der Waals surface area contributed by atoms with Gasteiger partial charge in [0.15, 0.2) is 0 Å². The molecular formula is C55H41NO. The normalized spacial score (nSPS) is 13.0. The summed E-state index contributed by atoms with van der Waals surface area (Å²) in [4.78, 5) is 2.43. The van der Waals surface area contributed by atoms with Gasteiger partial charge in [0.05, 0.1) is 0 Å². The molecule has 0 atom stereocenters. The zero-order valence-electron chi connectivity index (χ0n) is 32.2. The van der Waals surface area contributed by atoms with E-state index in [1.807, 2.05) is 6.07 Å². The molecule has 0 bridgehead atoms. The highest BCUT2D eigenvalue weighted by Crippen LogP contribution is 2.54. The second kappa shape index (κ2) is 13.1. The standard InChI is InChI=1S/C55H41NO/c1-3-55(4-2)51-21-9-7-16-46(51)47-32-31-41(35-52(47)55)56(39-27-23-37(24-28-39)43-18-11-14-36-13-5-6-15-42(36)43)40-29-25-38(26-30-40)44-19-12-20-49-45(44)33-34-50-48-17-8-10-22-53(48)57-54(49)50/h5-35H,3-4H2,1-2H3. The second-order valence-corrected chi connectivity index (χ2v) is 15.5. The Hall–Kier alpha value is -6.90. The van der Waals surface area contributed by atoms with E-state index in [4.69, 9.17) is 4.42 Å². The zero-order valence-corrected chi connectivity index (χ0v) is 32.2. The number of anilines is 3. The van der Waals surface area contributed by atoms with Gasteiger partial charge in [0.1, 0.15) is 11.2 Å². The Labute approximate surface area is 333 Å². The maximum atomic E-state index is 6.44. The lowest BCUT2D eigenvalue weighted by Gasteiger charge is -2.32. The number of rotatable bonds is 7. The van der Waals surface area contributed by atoms with Gasteiger partial charge in [-0.15, -0.1) is 0 Å². The van der Waals surface area contributed by atoms with Crippen LogP contribution in [0.2, 0.25) is 0 Å². The van der Waals surface area contributed by atoms with Crippen molar-refractivity contribution in [3.8, 4) is 33.4 Å². The van der Waals surface area contributed by atoms with Crippen LogP contribution in [0.4, 0.5) is 17.1 Å². The van der Waals surface area contributed by atoms with Gasteiger partial charge in [-0.3, -0.25) is 0 Å². The van der Waals surface area contributed by atoms with Crippen molar-refractivity contribution in [1.82, 2.24) is 0 Å². The van der Waals surface area contributed by atoms with Crippen LogP contribution in [-0.4, -0.2) is 0 Å². The fraction of sp³-hybridized carbons (Fsp3) is 0.0909. The van der Waals surface area contributed by atoms with Crippen molar-refractivity contribution in [2.45, 2.75) is 32.1 Å². The zero-order chi connectivity index (χ0) is 38.1. The highest BCUT2D eigenvalue weighted by molar-refractivity contribution is 6.17. The molecule has 0 radical (unpaired) electrons. The van der Waals surface area contributed by atoms with Crippen LogP contribution in [0.1, 0.15) is 37.8 Å². The average molecular weight is 732 g/mol. The maximum absolute atomic E-state index is 6.44. The van der Waals surface area contributed by atoms with Gasteiger partial charge in [-0.1, -0.05) is 153 Å². The summed E-state index contributed by atoms with van der Waals surface area (Å²) >= 11 is 0. The summed E-state index contributed by atoms with van der Waals surface area (Å²) in [6, 6.07) is 68.9. The van der Waals surface area contributed by atoms with Crippen LogP contribution in [0.15, 0.2) is 192 Å². The maximum Gasteiger partial charge on any atom is 0.143 e. The molecule has 272 valence electrons. The number of hydrogen-bond donors (Lipinski definition) is 0. The Kier molecular flexibility index (Phi) is 7.69. The Morgan fingerprint density at radius 1 is 0.404 bits per heavy atom. The van der Waals surface area contributed by atoms with Gasteiger partial charge in [-0.05, 0) is 122 Å². The molecule has 0 amide bonds. The molecule has 0 unspecified atom stereocenters. The van der Waals surface area contributed by atoms with Crippen LogP contribution < -0.4 is 4.90 Å². The minimum absolute atomic E-state index is 0.0185. The first-order chi connectivity index (χ1) is 28.1. The fourth-order valence-electron chi connectivity index (χ4n) is 9.89.